The van der Waals surface area contributed by atoms with Gasteiger partial charge < -0.3 is 19.9 Å². The van der Waals surface area contributed by atoms with Gasteiger partial charge in [0.2, 0.25) is 5.91 Å². The monoisotopic (exact) mass is 480 g/mol. The molecular weight excluding hydrogens is 452 g/mol. The molecule has 3 heterocycles. The molecule has 0 bridgehead atoms. The predicted molar refractivity (Wildman–Crippen MR) is 134 cm³/mol. The number of rotatable bonds is 5. The summed E-state index contributed by atoms with van der Waals surface area (Å²) in [6, 6.07) is 10.5. The Morgan fingerprint density at radius 3 is 2.65 bits per heavy atom. The Labute approximate surface area is 204 Å². The molecule has 0 spiro atoms. The molecule has 4 rings (SSSR count). The minimum atomic E-state index is -0.747. The second-order valence-electron chi connectivity index (χ2n) is 9.39. The first kappa shape index (κ1) is 23.8. The summed E-state index contributed by atoms with van der Waals surface area (Å²) in [7, 11) is 0. The van der Waals surface area contributed by atoms with E-state index in [4.69, 9.17) is 16.3 Å². The first-order valence-corrected chi connectivity index (χ1v) is 11.7. The van der Waals surface area contributed by atoms with Crippen molar-refractivity contribution in [3.8, 4) is 0 Å². The summed E-state index contributed by atoms with van der Waals surface area (Å²) in [5.41, 5.74) is 3.41. The summed E-state index contributed by atoms with van der Waals surface area (Å²) in [5, 5.41) is 4.47. The van der Waals surface area contributed by atoms with Gasteiger partial charge in [0.1, 0.15) is 17.3 Å². The van der Waals surface area contributed by atoms with Crippen LogP contribution in [0, 0.1) is 0 Å². The number of carbonyl (C=O) groups excluding carboxylic acids is 2. The van der Waals surface area contributed by atoms with Gasteiger partial charge in [-0.3, -0.25) is 4.79 Å². The number of pyridine rings is 1. The van der Waals surface area contributed by atoms with Gasteiger partial charge in [-0.2, -0.15) is 0 Å². The number of aromatic amines is 1. The highest BCUT2D eigenvalue weighted by Gasteiger charge is 2.29. The first-order valence-electron chi connectivity index (χ1n) is 11.3. The number of H-pyrrole nitrogens is 1. The van der Waals surface area contributed by atoms with Crippen LogP contribution in [0.5, 0.6) is 0 Å². The van der Waals surface area contributed by atoms with Crippen LogP contribution < -0.4 is 5.32 Å². The maximum atomic E-state index is 13.5. The number of halogens is 1. The second-order valence-corrected chi connectivity index (χ2v) is 9.83. The molecule has 0 radical (unpaired) electrons. The van der Waals surface area contributed by atoms with Crippen molar-refractivity contribution < 1.29 is 14.3 Å². The Hall–Kier alpha value is -3.32. The van der Waals surface area contributed by atoms with Gasteiger partial charge in [-0.05, 0) is 68.2 Å². The van der Waals surface area contributed by atoms with Crippen molar-refractivity contribution in [3.63, 3.8) is 0 Å². The lowest BCUT2D eigenvalue weighted by molar-refractivity contribution is -0.133. The number of hydrogen-bond donors (Lipinski definition) is 2. The maximum Gasteiger partial charge on any atom is 0.408 e. The van der Waals surface area contributed by atoms with Gasteiger partial charge in [0.25, 0.3) is 0 Å². The van der Waals surface area contributed by atoms with Gasteiger partial charge >= 0.3 is 6.09 Å². The fraction of sp³-hybridized carbons (Fsp3) is 0.346. The summed E-state index contributed by atoms with van der Waals surface area (Å²) in [6.45, 7) is 6.40. The van der Waals surface area contributed by atoms with Crippen molar-refractivity contribution in [2.75, 3.05) is 13.1 Å². The molecule has 2 aromatic heterocycles. The molecule has 1 aromatic carbocycles. The quantitative estimate of drug-likeness (QED) is 0.539. The molecule has 2 amide bonds. The van der Waals surface area contributed by atoms with E-state index in [-0.39, 0.29) is 5.91 Å². The van der Waals surface area contributed by atoms with Crippen LogP contribution in [-0.4, -0.2) is 51.6 Å². The molecule has 0 fully saturated rings. The Balaban J connectivity index is 1.50. The summed E-state index contributed by atoms with van der Waals surface area (Å²) in [6.07, 6.45) is 6.20. The summed E-state index contributed by atoms with van der Waals surface area (Å²) < 4.78 is 5.41. The van der Waals surface area contributed by atoms with Crippen LogP contribution in [0.15, 0.2) is 54.9 Å². The zero-order chi connectivity index (χ0) is 24.3. The van der Waals surface area contributed by atoms with Crippen molar-refractivity contribution in [2.45, 2.75) is 45.3 Å². The largest absolute Gasteiger partial charge is 0.444 e. The Kier molecular flexibility index (Phi) is 6.93. The van der Waals surface area contributed by atoms with Crippen molar-refractivity contribution in [2.24, 2.45) is 0 Å². The van der Waals surface area contributed by atoms with Crippen LogP contribution in [0.4, 0.5) is 4.79 Å². The van der Waals surface area contributed by atoms with E-state index in [0.29, 0.717) is 24.5 Å². The van der Waals surface area contributed by atoms with Crippen LogP contribution in [0.1, 0.15) is 38.3 Å². The summed E-state index contributed by atoms with van der Waals surface area (Å²) >= 11 is 6.01. The highest BCUT2D eigenvalue weighted by atomic mass is 35.5. The highest BCUT2D eigenvalue weighted by Crippen LogP contribution is 2.28. The molecule has 34 heavy (non-hydrogen) atoms. The molecule has 1 aliphatic rings. The number of nitrogens with zero attached hydrogens (tertiary/aromatic N) is 2. The number of benzene rings is 1. The number of nitrogens with one attached hydrogen (secondary N) is 2. The number of ether oxygens (including phenoxy) is 1. The molecular formula is C26H29ClN4O3. The van der Waals surface area contributed by atoms with E-state index in [1.165, 1.54) is 5.57 Å². The van der Waals surface area contributed by atoms with Crippen LogP contribution in [0.25, 0.3) is 16.6 Å². The molecule has 0 saturated carbocycles. The van der Waals surface area contributed by atoms with Gasteiger partial charge in [-0.1, -0.05) is 29.8 Å². The van der Waals surface area contributed by atoms with E-state index < -0.39 is 17.7 Å². The lowest BCUT2D eigenvalue weighted by Gasteiger charge is -2.31. The molecule has 2 N–H and O–H groups in total. The fourth-order valence-electron chi connectivity index (χ4n) is 4.08. The van der Waals surface area contributed by atoms with Crippen LogP contribution in [-0.2, 0) is 16.0 Å². The third kappa shape index (κ3) is 5.78. The Morgan fingerprint density at radius 2 is 1.97 bits per heavy atom. The molecule has 0 saturated heterocycles. The Bertz CT molecular complexity index is 1210. The topological polar surface area (TPSA) is 87.3 Å². The molecule has 1 unspecified atom stereocenters. The van der Waals surface area contributed by atoms with Gasteiger partial charge in [0.15, 0.2) is 0 Å². The number of carbonyl (C=O) groups is 2. The molecule has 3 aromatic rings. The minimum Gasteiger partial charge on any atom is -0.444 e. The maximum absolute atomic E-state index is 13.5. The van der Waals surface area contributed by atoms with Crippen LogP contribution in [0.2, 0.25) is 5.02 Å². The van der Waals surface area contributed by atoms with E-state index in [2.05, 4.69) is 21.4 Å². The number of alkyl carbamates (subject to hydrolysis) is 1. The third-order valence-electron chi connectivity index (χ3n) is 5.67. The standard InChI is InChI=1S/C26H29ClN4O3/c1-26(2,3)34-25(33)30-22(16-17-4-6-19(27)7-5-17)24(32)31-14-10-18(11-15-31)20-8-12-28-23-21(20)9-13-29-23/h4-10,12-13,22H,11,14-16H2,1-3H3,(H,28,29)(H,30,33). The van der Waals surface area contributed by atoms with Crippen molar-refractivity contribution in [3.05, 3.63) is 71.0 Å². The van der Waals surface area contributed by atoms with E-state index in [0.717, 1.165) is 28.6 Å². The van der Waals surface area contributed by atoms with Gasteiger partial charge in [0, 0.05) is 42.3 Å². The number of hydrogen-bond acceptors (Lipinski definition) is 4. The normalized spacial score (nSPS) is 15.1. The Morgan fingerprint density at radius 1 is 1.21 bits per heavy atom. The minimum absolute atomic E-state index is 0.141. The van der Waals surface area contributed by atoms with Gasteiger partial charge in [-0.15, -0.1) is 0 Å². The molecule has 7 nitrogen and oxygen atoms in total. The lowest BCUT2D eigenvalue weighted by atomic mass is 9.97. The highest BCUT2D eigenvalue weighted by molar-refractivity contribution is 6.30. The smallest absolute Gasteiger partial charge is 0.408 e. The van der Waals surface area contributed by atoms with Crippen LogP contribution >= 0.6 is 11.6 Å². The third-order valence-corrected chi connectivity index (χ3v) is 5.92. The van der Waals surface area contributed by atoms with E-state index in [9.17, 15) is 9.59 Å². The average Bonchev–Trinajstić information content (AvgIpc) is 3.27. The lowest BCUT2D eigenvalue weighted by Crippen LogP contribution is -2.51. The number of amides is 2. The van der Waals surface area contributed by atoms with E-state index in [1.54, 1.807) is 44.0 Å². The molecule has 8 heteroatoms. The number of aromatic nitrogens is 2. The van der Waals surface area contributed by atoms with E-state index in [1.807, 2.05) is 30.5 Å². The van der Waals surface area contributed by atoms with Crippen molar-refractivity contribution >= 4 is 40.2 Å². The van der Waals surface area contributed by atoms with E-state index >= 15 is 0 Å². The van der Waals surface area contributed by atoms with Gasteiger partial charge in [-0.25, -0.2) is 9.78 Å². The molecule has 1 aliphatic heterocycles. The predicted octanol–water partition coefficient (Wildman–Crippen LogP) is 4.97. The summed E-state index contributed by atoms with van der Waals surface area (Å²) in [4.78, 5) is 35.2. The average molecular weight is 481 g/mol. The molecule has 178 valence electrons. The molecule has 1 atom stereocenters. The summed E-state index contributed by atoms with van der Waals surface area (Å²) in [5.74, 6) is -0.141. The molecule has 0 aliphatic carbocycles. The van der Waals surface area contributed by atoms with Crippen molar-refractivity contribution in [1.29, 1.82) is 0 Å². The zero-order valence-electron chi connectivity index (χ0n) is 19.6. The van der Waals surface area contributed by atoms with Gasteiger partial charge in [0.05, 0.1) is 0 Å². The zero-order valence-corrected chi connectivity index (χ0v) is 20.4. The fourth-order valence-corrected chi connectivity index (χ4v) is 4.21. The van der Waals surface area contributed by atoms with Crippen molar-refractivity contribution in [1.82, 2.24) is 20.2 Å². The van der Waals surface area contributed by atoms with Crippen LogP contribution in [0.3, 0.4) is 0 Å². The SMILES string of the molecule is CC(C)(C)OC(=O)NC(Cc1ccc(Cl)cc1)C(=O)N1CC=C(c2ccnc3[nH]ccc23)CC1. The second kappa shape index (κ2) is 9.89. The first-order chi connectivity index (χ1) is 16.2. The number of fused-ring (bicyclic) bond motifs is 1.